The maximum atomic E-state index is 12.4. The summed E-state index contributed by atoms with van der Waals surface area (Å²) in [6.45, 7) is 4.63. The summed E-state index contributed by atoms with van der Waals surface area (Å²) >= 11 is 0. The van der Waals surface area contributed by atoms with Crippen molar-refractivity contribution in [2.75, 3.05) is 19.6 Å². The number of carbonyl (C=O) groups is 1. The second kappa shape index (κ2) is 3.84. The third-order valence-corrected chi connectivity index (χ3v) is 3.89. The fourth-order valence-corrected chi connectivity index (χ4v) is 2.60. The van der Waals surface area contributed by atoms with Crippen LogP contribution in [-0.4, -0.2) is 36.0 Å². The predicted molar refractivity (Wildman–Crippen MR) is 67.1 cm³/mol. The quantitative estimate of drug-likeness (QED) is 0.794. The van der Waals surface area contributed by atoms with Gasteiger partial charge in [0.05, 0.1) is 0 Å². The molecule has 0 atom stereocenters. The molecule has 90 valence electrons. The van der Waals surface area contributed by atoms with Crippen LogP contribution in [0, 0.1) is 6.92 Å². The Morgan fingerprint density at radius 1 is 1.35 bits per heavy atom. The first-order valence-corrected chi connectivity index (χ1v) is 6.30. The monoisotopic (exact) mass is 230 g/mol. The van der Waals surface area contributed by atoms with Gasteiger partial charge in [0.1, 0.15) is 0 Å². The number of carbonyl (C=O) groups excluding carboxylic acids is 1. The second-order valence-electron chi connectivity index (χ2n) is 5.25. The lowest BCUT2D eigenvalue weighted by Crippen LogP contribution is -2.54. The van der Waals surface area contributed by atoms with Gasteiger partial charge in [-0.05, 0) is 31.4 Å². The molecule has 0 aromatic heterocycles. The van der Waals surface area contributed by atoms with Gasteiger partial charge in [-0.3, -0.25) is 4.79 Å². The fourth-order valence-electron chi connectivity index (χ4n) is 2.60. The van der Waals surface area contributed by atoms with E-state index in [2.05, 4.69) is 5.32 Å². The van der Waals surface area contributed by atoms with Crippen molar-refractivity contribution in [1.82, 2.24) is 10.2 Å². The molecular weight excluding hydrogens is 212 g/mol. The first kappa shape index (κ1) is 10.8. The number of nitrogens with zero attached hydrogens (tertiary/aromatic N) is 1. The molecule has 0 unspecified atom stereocenters. The summed E-state index contributed by atoms with van der Waals surface area (Å²) in [4.78, 5) is 14.4. The lowest BCUT2D eigenvalue weighted by molar-refractivity contribution is 0.0690. The van der Waals surface area contributed by atoms with Gasteiger partial charge in [-0.15, -0.1) is 0 Å². The van der Waals surface area contributed by atoms with Crippen LogP contribution in [0.25, 0.3) is 0 Å². The topological polar surface area (TPSA) is 32.3 Å². The third-order valence-electron chi connectivity index (χ3n) is 3.89. The number of hydrogen-bond acceptors (Lipinski definition) is 2. The van der Waals surface area contributed by atoms with Gasteiger partial charge in [0.15, 0.2) is 0 Å². The lowest BCUT2D eigenvalue weighted by Gasteiger charge is -2.34. The molecule has 1 N–H and O–H groups in total. The largest absolute Gasteiger partial charge is 0.336 e. The van der Waals surface area contributed by atoms with E-state index in [4.69, 9.17) is 0 Å². The molecule has 1 aliphatic carbocycles. The average Bonchev–Trinajstić information content (AvgIpc) is 3.08. The Bertz CT molecular complexity index is 451. The van der Waals surface area contributed by atoms with Crippen LogP contribution in [0.2, 0.25) is 0 Å². The molecule has 3 rings (SSSR count). The van der Waals surface area contributed by atoms with E-state index in [1.807, 2.05) is 36.1 Å². The summed E-state index contributed by atoms with van der Waals surface area (Å²) in [5, 5.41) is 3.53. The van der Waals surface area contributed by atoms with Crippen LogP contribution in [0.4, 0.5) is 0 Å². The zero-order valence-corrected chi connectivity index (χ0v) is 10.2. The van der Waals surface area contributed by atoms with Gasteiger partial charge in [0.2, 0.25) is 0 Å². The van der Waals surface area contributed by atoms with Crippen LogP contribution in [-0.2, 0) is 0 Å². The zero-order valence-electron chi connectivity index (χ0n) is 10.2. The van der Waals surface area contributed by atoms with Crippen LogP contribution in [0.15, 0.2) is 24.3 Å². The van der Waals surface area contributed by atoms with Crippen LogP contribution in [0.3, 0.4) is 0 Å². The molecule has 1 heterocycles. The highest BCUT2D eigenvalue weighted by atomic mass is 16.2. The molecule has 1 aliphatic heterocycles. The first-order chi connectivity index (χ1) is 8.20. The van der Waals surface area contributed by atoms with Crippen molar-refractivity contribution >= 4 is 5.91 Å². The molecule has 1 saturated carbocycles. The van der Waals surface area contributed by atoms with E-state index in [1.165, 1.54) is 12.8 Å². The number of piperazine rings is 1. The molecule has 0 radical (unpaired) electrons. The van der Waals surface area contributed by atoms with Gasteiger partial charge in [-0.2, -0.15) is 0 Å². The lowest BCUT2D eigenvalue weighted by atomic mass is 10.1. The highest BCUT2D eigenvalue weighted by Crippen LogP contribution is 2.37. The molecule has 3 nitrogen and oxygen atoms in total. The van der Waals surface area contributed by atoms with E-state index in [0.29, 0.717) is 0 Å². The molecule has 2 fully saturated rings. The Morgan fingerprint density at radius 2 is 2.12 bits per heavy atom. The maximum Gasteiger partial charge on any atom is 0.254 e. The van der Waals surface area contributed by atoms with E-state index in [9.17, 15) is 4.79 Å². The number of rotatable bonds is 1. The maximum absolute atomic E-state index is 12.4. The van der Waals surface area contributed by atoms with Crippen LogP contribution < -0.4 is 5.32 Å². The Kier molecular flexibility index (Phi) is 2.44. The number of benzene rings is 1. The smallest absolute Gasteiger partial charge is 0.254 e. The molecule has 0 bridgehead atoms. The molecule has 2 aliphatic rings. The van der Waals surface area contributed by atoms with Crippen molar-refractivity contribution < 1.29 is 4.79 Å². The Morgan fingerprint density at radius 3 is 2.82 bits per heavy atom. The third kappa shape index (κ3) is 1.95. The number of amides is 1. The van der Waals surface area contributed by atoms with E-state index in [0.717, 1.165) is 30.8 Å². The zero-order chi connectivity index (χ0) is 11.9. The molecule has 1 spiro atoms. The molecule has 1 aromatic carbocycles. The van der Waals surface area contributed by atoms with Crippen molar-refractivity contribution in [3.8, 4) is 0 Å². The summed E-state index contributed by atoms with van der Waals surface area (Å²) in [6.07, 6.45) is 2.43. The van der Waals surface area contributed by atoms with Crippen LogP contribution in [0.5, 0.6) is 0 Å². The van der Waals surface area contributed by atoms with Gasteiger partial charge in [0.25, 0.3) is 5.91 Å². The summed E-state index contributed by atoms with van der Waals surface area (Å²) < 4.78 is 0. The van der Waals surface area contributed by atoms with Crippen molar-refractivity contribution in [3.63, 3.8) is 0 Å². The minimum absolute atomic E-state index is 0.191. The highest BCUT2D eigenvalue weighted by Gasteiger charge is 2.46. The first-order valence-electron chi connectivity index (χ1n) is 6.30. The van der Waals surface area contributed by atoms with E-state index in [1.54, 1.807) is 0 Å². The Hall–Kier alpha value is -1.35. The fraction of sp³-hybridized carbons (Fsp3) is 0.500. The standard InChI is InChI=1S/C14H18N2O/c1-11-4-2-3-5-12(11)13(17)16-9-8-15-14(10-16)6-7-14/h2-5,15H,6-10H2,1H3. The molecule has 1 aromatic rings. The highest BCUT2D eigenvalue weighted by molar-refractivity contribution is 5.95. The van der Waals surface area contributed by atoms with E-state index >= 15 is 0 Å². The van der Waals surface area contributed by atoms with E-state index in [-0.39, 0.29) is 11.4 Å². The Labute approximate surface area is 102 Å². The number of nitrogens with one attached hydrogen (secondary N) is 1. The van der Waals surface area contributed by atoms with Gasteiger partial charge in [0, 0.05) is 30.7 Å². The predicted octanol–water partition coefficient (Wildman–Crippen LogP) is 1.57. The van der Waals surface area contributed by atoms with Crippen LogP contribution >= 0.6 is 0 Å². The minimum atomic E-state index is 0.191. The molecule has 1 saturated heterocycles. The second-order valence-corrected chi connectivity index (χ2v) is 5.25. The number of aryl methyl sites for hydroxylation is 1. The van der Waals surface area contributed by atoms with Crippen molar-refractivity contribution in [1.29, 1.82) is 0 Å². The molecule has 17 heavy (non-hydrogen) atoms. The van der Waals surface area contributed by atoms with Gasteiger partial charge < -0.3 is 10.2 Å². The van der Waals surface area contributed by atoms with Gasteiger partial charge in [-0.1, -0.05) is 18.2 Å². The van der Waals surface area contributed by atoms with Gasteiger partial charge >= 0.3 is 0 Å². The summed E-state index contributed by atoms with van der Waals surface area (Å²) in [5.41, 5.74) is 2.18. The normalized spacial score (nSPS) is 21.6. The van der Waals surface area contributed by atoms with E-state index < -0.39 is 0 Å². The number of hydrogen-bond donors (Lipinski definition) is 1. The average molecular weight is 230 g/mol. The van der Waals surface area contributed by atoms with Gasteiger partial charge in [-0.25, -0.2) is 0 Å². The minimum Gasteiger partial charge on any atom is -0.336 e. The van der Waals surface area contributed by atoms with Crippen molar-refractivity contribution in [2.24, 2.45) is 0 Å². The summed E-state index contributed by atoms with van der Waals surface area (Å²) in [6, 6.07) is 7.85. The van der Waals surface area contributed by atoms with Crippen LogP contribution in [0.1, 0.15) is 28.8 Å². The Balaban J connectivity index is 1.80. The van der Waals surface area contributed by atoms with Crippen molar-refractivity contribution in [2.45, 2.75) is 25.3 Å². The van der Waals surface area contributed by atoms with Crippen molar-refractivity contribution in [3.05, 3.63) is 35.4 Å². The molecule has 3 heteroatoms. The molecular formula is C14H18N2O. The summed E-state index contributed by atoms with van der Waals surface area (Å²) in [7, 11) is 0. The SMILES string of the molecule is Cc1ccccc1C(=O)N1CCNC2(CC2)C1. The summed E-state index contributed by atoms with van der Waals surface area (Å²) in [5.74, 6) is 0.191. The molecule has 1 amide bonds.